The maximum absolute atomic E-state index is 9.59. The summed E-state index contributed by atoms with van der Waals surface area (Å²) in [5, 5.41) is 72.6. The minimum absolute atomic E-state index is 0.206. The lowest BCUT2D eigenvalue weighted by Gasteiger charge is -2.46. The van der Waals surface area contributed by atoms with E-state index in [9.17, 15) is 15.3 Å². The van der Waals surface area contributed by atoms with E-state index >= 15 is 0 Å². The molecule has 0 aromatic heterocycles. The van der Waals surface area contributed by atoms with Crippen LogP contribution in [0.25, 0.3) is 0 Å². The molecule has 0 aliphatic rings. The van der Waals surface area contributed by atoms with E-state index in [1.165, 1.54) is 0 Å². The van der Waals surface area contributed by atoms with Crippen molar-refractivity contribution in [2.24, 2.45) is 5.73 Å². The number of hydrogen-bond donors (Lipinski definition) is 9. The molecule has 0 aromatic rings. The van der Waals surface area contributed by atoms with Crippen molar-refractivity contribution in [1.29, 1.82) is 0 Å². The fourth-order valence-electron chi connectivity index (χ4n) is 1.35. The predicted molar refractivity (Wildman–Crippen MR) is 57.0 cm³/mol. The van der Waals surface area contributed by atoms with Crippen molar-refractivity contribution in [1.82, 2.24) is 0 Å². The Morgan fingerprint density at radius 3 is 1.56 bits per heavy atom. The summed E-state index contributed by atoms with van der Waals surface area (Å²) in [7, 11) is 0. The monoisotopic (exact) mass is 271 g/mol. The second-order valence-electron chi connectivity index (χ2n) is 4.36. The summed E-state index contributed by atoms with van der Waals surface area (Å²) in [6.45, 7) is 1.82. The van der Waals surface area contributed by atoms with E-state index in [0.29, 0.717) is 12.8 Å². The zero-order valence-electron chi connectivity index (χ0n) is 9.98. The Balaban J connectivity index is 5.11. The summed E-state index contributed by atoms with van der Waals surface area (Å²) in [5.41, 5.74) is 2.14. The molecular formula is C9H21NO8. The third kappa shape index (κ3) is 3.15. The molecule has 18 heavy (non-hydrogen) atoms. The van der Waals surface area contributed by atoms with E-state index in [0.717, 1.165) is 0 Å². The van der Waals surface area contributed by atoms with Crippen molar-refractivity contribution in [3.05, 3.63) is 0 Å². The highest BCUT2D eigenvalue weighted by Gasteiger charge is 2.69. The molecule has 0 fully saturated rings. The quantitative estimate of drug-likeness (QED) is 0.165. The predicted octanol–water partition coefficient (Wildman–Crippen LogP) is -3.79. The van der Waals surface area contributed by atoms with Crippen LogP contribution in [0.3, 0.4) is 0 Å². The van der Waals surface area contributed by atoms with Crippen molar-refractivity contribution in [2.75, 3.05) is 0 Å². The Labute approximate surface area is 103 Å². The SMILES string of the molecule is CCCCCC(N)(O)C(O)(O)C(O)(O)C(O)(O)O. The molecule has 1 unspecified atom stereocenters. The van der Waals surface area contributed by atoms with Gasteiger partial charge in [0.1, 0.15) is 0 Å². The molecule has 0 amide bonds. The van der Waals surface area contributed by atoms with E-state index < -0.39 is 29.7 Å². The van der Waals surface area contributed by atoms with E-state index in [4.69, 9.17) is 31.3 Å². The summed E-state index contributed by atoms with van der Waals surface area (Å²) in [6.07, 6.45) is 1.000. The van der Waals surface area contributed by atoms with Gasteiger partial charge in [-0.15, -0.1) is 0 Å². The molecule has 0 aromatic carbocycles. The molecule has 0 spiro atoms. The fourth-order valence-corrected chi connectivity index (χ4v) is 1.35. The molecule has 110 valence electrons. The van der Waals surface area contributed by atoms with Crippen LogP contribution in [-0.4, -0.2) is 64.1 Å². The number of aliphatic hydroxyl groups is 8. The Morgan fingerprint density at radius 2 is 1.22 bits per heavy atom. The second-order valence-corrected chi connectivity index (χ2v) is 4.36. The Morgan fingerprint density at radius 1 is 0.778 bits per heavy atom. The average molecular weight is 271 g/mol. The zero-order valence-corrected chi connectivity index (χ0v) is 9.98. The van der Waals surface area contributed by atoms with Gasteiger partial charge in [-0.2, -0.15) is 0 Å². The first kappa shape index (κ1) is 17.6. The molecule has 0 rings (SSSR count). The van der Waals surface area contributed by atoms with Crippen molar-refractivity contribution in [3.8, 4) is 0 Å². The van der Waals surface area contributed by atoms with Gasteiger partial charge in [-0.3, -0.25) is 5.73 Å². The molecule has 0 saturated heterocycles. The van der Waals surface area contributed by atoms with Crippen LogP contribution in [0.2, 0.25) is 0 Å². The molecule has 0 heterocycles. The van der Waals surface area contributed by atoms with Crippen LogP contribution in [0.4, 0.5) is 0 Å². The molecule has 0 saturated carbocycles. The van der Waals surface area contributed by atoms with Crippen LogP contribution in [0.1, 0.15) is 32.6 Å². The molecule has 9 heteroatoms. The van der Waals surface area contributed by atoms with Gasteiger partial charge in [0.15, 0.2) is 5.72 Å². The first-order valence-electron chi connectivity index (χ1n) is 5.39. The fraction of sp³-hybridized carbons (Fsp3) is 1.00. The maximum Gasteiger partial charge on any atom is 0.338 e. The zero-order chi connectivity index (χ0) is 14.8. The number of nitrogens with two attached hydrogens (primary N) is 1. The van der Waals surface area contributed by atoms with Gasteiger partial charge in [-0.1, -0.05) is 19.8 Å². The van der Waals surface area contributed by atoms with E-state index in [1.807, 2.05) is 6.92 Å². The highest BCUT2D eigenvalue weighted by molar-refractivity contribution is 4.99. The van der Waals surface area contributed by atoms with E-state index in [1.54, 1.807) is 0 Å². The van der Waals surface area contributed by atoms with Gasteiger partial charge in [0.2, 0.25) is 0 Å². The lowest BCUT2D eigenvalue weighted by atomic mass is 9.88. The van der Waals surface area contributed by atoms with Crippen molar-refractivity contribution >= 4 is 0 Å². The van der Waals surface area contributed by atoms with Crippen LogP contribution < -0.4 is 5.73 Å². The molecule has 0 aliphatic heterocycles. The molecule has 0 bridgehead atoms. The largest absolute Gasteiger partial charge is 0.370 e. The summed E-state index contributed by atoms with van der Waals surface area (Å²) in [6, 6.07) is 0. The normalized spacial score (nSPS) is 17.7. The van der Waals surface area contributed by atoms with Crippen LogP contribution in [-0.2, 0) is 0 Å². The summed E-state index contributed by atoms with van der Waals surface area (Å²) in [4.78, 5) is 0. The van der Waals surface area contributed by atoms with Crippen LogP contribution in [0.15, 0.2) is 0 Å². The lowest BCUT2D eigenvalue weighted by molar-refractivity contribution is -0.527. The van der Waals surface area contributed by atoms with Gasteiger partial charge in [-0.05, 0) is 12.8 Å². The van der Waals surface area contributed by atoms with E-state index in [-0.39, 0.29) is 6.42 Å². The molecular weight excluding hydrogens is 250 g/mol. The molecule has 9 nitrogen and oxygen atoms in total. The minimum Gasteiger partial charge on any atom is -0.370 e. The number of rotatable bonds is 7. The third-order valence-corrected chi connectivity index (χ3v) is 2.72. The Kier molecular flexibility index (Phi) is 5.22. The minimum atomic E-state index is -4.30. The Hall–Kier alpha value is -0.360. The van der Waals surface area contributed by atoms with Crippen molar-refractivity contribution in [3.63, 3.8) is 0 Å². The smallest absolute Gasteiger partial charge is 0.338 e. The van der Waals surface area contributed by atoms with Crippen molar-refractivity contribution in [2.45, 2.75) is 55.9 Å². The van der Waals surface area contributed by atoms with Gasteiger partial charge in [0.25, 0.3) is 5.79 Å². The van der Waals surface area contributed by atoms with E-state index in [2.05, 4.69) is 0 Å². The number of unbranched alkanes of at least 4 members (excludes halogenated alkanes) is 2. The number of hydrogen-bond acceptors (Lipinski definition) is 9. The van der Waals surface area contributed by atoms with Gasteiger partial charge < -0.3 is 40.9 Å². The van der Waals surface area contributed by atoms with Gasteiger partial charge >= 0.3 is 11.8 Å². The molecule has 1 atom stereocenters. The summed E-state index contributed by atoms with van der Waals surface area (Å²) < 4.78 is 0. The lowest BCUT2D eigenvalue weighted by Crippen LogP contribution is -2.78. The summed E-state index contributed by atoms with van der Waals surface area (Å²) >= 11 is 0. The molecule has 0 radical (unpaired) electrons. The highest BCUT2D eigenvalue weighted by Crippen LogP contribution is 2.34. The van der Waals surface area contributed by atoms with Crippen molar-refractivity contribution < 1.29 is 40.9 Å². The third-order valence-electron chi connectivity index (χ3n) is 2.72. The van der Waals surface area contributed by atoms with Gasteiger partial charge in [0, 0.05) is 0 Å². The Bertz CT molecular complexity index is 270. The summed E-state index contributed by atoms with van der Waals surface area (Å²) in [5.74, 6) is -12.6. The first-order valence-corrected chi connectivity index (χ1v) is 5.39. The first-order chi connectivity index (χ1) is 7.81. The van der Waals surface area contributed by atoms with Gasteiger partial charge in [0.05, 0.1) is 0 Å². The molecule has 10 N–H and O–H groups in total. The second kappa shape index (κ2) is 5.33. The average Bonchev–Trinajstić information content (AvgIpc) is 2.15. The van der Waals surface area contributed by atoms with Crippen LogP contribution in [0, 0.1) is 0 Å². The highest BCUT2D eigenvalue weighted by atomic mass is 16.7. The van der Waals surface area contributed by atoms with Crippen LogP contribution >= 0.6 is 0 Å². The maximum atomic E-state index is 9.59. The standard InChI is InChI=1S/C9H21NO8/c1-2-3-4-5-6(10,11)7(12,13)8(14,15)9(16,17)18/h11-18H,2-5,10H2,1H3. The van der Waals surface area contributed by atoms with Crippen LogP contribution in [0.5, 0.6) is 0 Å². The topological polar surface area (TPSA) is 188 Å². The molecule has 0 aliphatic carbocycles. The van der Waals surface area contributed by atoms with Gasteiger partial charge in [-0.25, -0.2) is 0 Å².